The van der Waals surface area contributed by atoms with Crippen molar-refractivity contribution in [3.8, 4) is 0 Å². The van der Waals surface area contributed by atoms with E-state index in [0.717, 1.165) is 25.1 Å². The van der Waals surface area contributed by atoms with Crippen molar-refractivity contribution in [2.24, 2.45) is 0 Å². The van der Waals surface area contributed by atoms with Crippen LogP contribution < -0.4 is 5.32 Å². The van der Waals surface area contributed by atoms with Gasteiger partial charge >= 0.3 is 5.97 Å². The lowest BCUT2D eigenvalue weighted by Crippen LogP contribution is -2.59. The molecule has 0 saturated carbocycles. The number of carboxylic acid groups (broad SMARTS) is 1. The number of nitrogens with one attached hydrogen (secondary N) is 1. The highest BCUT2D eigenvalue weighted by Crippen LogP contribution is 2.45. The van der Waals surface area contributed by atoms with E-state index in [1.807, 2.05) is 11.8 Å². The Morgan fingerprint density at radius 1 is 1.44 bits per heavy atom. The number of aliphatic carboxylic acids is 1. The third-order valence-electron chi connectivity index (χ3n) is 4.16. The van der Waals surface area contributed by atoms with Crippen molar-refractivity contribution < 1.29 is 9.90 Å². The molecular weight excluding hydrogens is 224 g/mol. The number of hydrogen-bond acceptors (Lipinski definition) is 4. The van der Waals surface area contributed by atoms with Crippen LogP contribution >= 0.6 is 11.8 Å². The highest BCUT2D eigenvalue weighted by atomic mass is 32.2. The maximum atomic E-state index is 11.1. The molecule has 2 N–H and O–H groups in total. The van der Waals surface area contributed by atoms with Crippen LogP contribution in [0.3, 0.4) is 0 Å². The molecule has 3 rings (SSSR count). The Hall–Kier alpha value is -0.260. The molecule has 5 heteroatoms. The number of fused-ring (bicyclic) bond motifs is 2. The van der Waals surface area contributed by atoms with Gasteiger partial charge < -0.3 is 5.11 Å². The number of carbonyl (C=O) groups is 1. The Bertz CT molecular complexity index is 308. The minimum absolute atomic E-state index is 0.0395. The zero-order valence-corrected chi connectivity index (χ0v) is 10.1. The van der Waals surface area contributed by atoms with Crippen LogP contribution in [0.25, 0.3) is 0 Å². The molecule has 0 amide bonds. The van der Waals surface area contributed by atoms with Gasteiger partial charge in [-0.05, 0) is 38.0 Å². The molecule has 3 fully saturated rings. The molecule has 3 heterocycles. The topological polar surface area (TPSA) is 52.6 Å². The van der Waals surface area contributed by atoms with Gasteiger partial charge in [-0.2, -0.15) is 0 Å². The van der Waals surface area contributed by atoms with Gasteiger partial charge in [-0.3, -0.25) is 15.0 Å². The third kappa shape index (κ3) is 1.57. The van der Waals surface area contributed by atoms with E-state index in [0.29, 0.717) is 6.04 Å². The van der Waals surface area contributed by atoms with E-state index in [2.05, 4.69) is 10.2 Å². The minimum atomic E-state index is -0.684. The Morgan fingerprint density at radius 2 is 2.31 bits per heavy atom. The molecule has 3 aliphatic heterocycles. The Morgan fingerprint density at radius 3 is 3.12 bits per heavy atom. The maximum absolute atomic E-state index is 11.1. The quantitative estimate of drug-likeness (QED) is 0.710. The molecule has 0 aromatic heterocycles. The van der Waals surface area contributed by atoms with E-state index in [-0.39, 0.29) is 10.9 Å². The first-order valence-electron chi connectivity index (χ1n) is 6.10. The predicted molar refractivity (Wildman–Crippen MR) is 63.6 cm³/mol. The molecule has 0 bridgehead atoms. The van der Waals surface area contributed by atoms with Crippen molar-refractivity contribution in [1.29, 1.82) is 0 Å². The van der Waals surface area contributed by atoms with Crippen molar-refractivity contribution in [1.82, 2.24) is 10.2 Å². The van der Waals surface area contributed by atoms with Gasteiger partial charge in [0.2, 0.25) is 0 Å². The van der Waals surface area contributed by atoms with Crippen LogP contribution in [0.1, 0.15) is 25.7 Å². The van der Waals surface area contributed by atoms with Gasteiger partial charge in [0.1, 0.15) is 6.04 Å². The van der Waals surface area contributed by atoms with Gasteiger partial charge in [0.15, 0.2) is 0 Å². The number of rotatable bonds is 1. The fourth-order valence-electron chi connectivity index (χ4n) is 3.39. The summed E-state index contributed by atoms with van der Waals surface area (Å²) in [5.41, 5.74) is 0. The molecular formula is C11H18N2O2S. The van der Waals surface area contributed by atoms with Gasteiger partial charge in [-0.1, -0.05) is 0 Å². The molecule has 0 radical (unpaired) electrons. The van der Waals surface area contributed by atoms with Gasteiger partial charge in [-0.15, -0.1) is 11.8 Å². The average Bonchev–Trinajstić information content (AvgIpc) is 2.84. The van der Waals surface area contributed by atoms with E-state index in [4.69, 9.17) is 5.11 Å². The Kier molecular flexibility index (Phi) is 2.64. The van der Waals surface area contributed by atoms with E-state index in [1.54, 1.807) is 0 Å². The molecule has 0 aromatic rings. The van der Waals surface area contributed by atoms with Crippen molar-refractivity contribution in [3.63, 3.8) is 0 Å². The molecule has 0 aliphatic carbocycles. The van der Waals surface area contributed by atoms with Crippen LogP contribution in [-0.2, 0) is 4.79 Å². The summed E-state index contributed by atoms with van der Waals surface area (Å²) in [6.45, 7) is 2.34. The smallest absolute Gasteiger partial charge is 0.320 e. The van der Waals surface area contributed by atoms with Crippen molar-refractivity contribution in [2.45, 2.75) is 42.6 Å². The zero-order valence-electron chi connectivity index (χ0n) is 9.32. The summed E-state index contributed by atoms with van der Waals surface area (Å²) in [5, 5.41) is 12.6. The van der Waals surface area contributed by atoms with Gasteiger partial charge in [0, 0.05) is 12.6 Å². The van der Waals surface area contributed by atoms with Gasteiger partial charge in [0.05, 0.1) is 4.87 Å². The summed E-state index contributed by atoms with van der Waals surface area (Å²) < 4.78 is 0. The maximum Gasteiger partial charge on any atom is 0.320 e. The first-order valence-corrected chi connectivity index (χ1v) is 7.08. The van der Waals surface area contributed by atoms with Crippen LogP contribution in [0, 0.1) is 0 Å². The van der Waals surface area contributed by atoms with Crippen LogP contribution in [-0.4, -0.2) is 51.8 Å². The second-order valence-corrected chi connectivity index (χ2v) is 6.43. The molecule has 0 aromatic carbocycles. The summed E-state index contributed by atoms with van der Waals surface area (Å²) in [5.74, 6) is 0.296. The largest absolute Gasteiger partial charge is 0.480 e. The van der Waals surface area contributed by atoms with Crippen molar-refractivity contribution in [3.05, 3.63) is 0 Å². The molecule has 1 spiro atoms. The molecule has 16 heavy (non-hydrogen) atoms. The first kappa shape index (κ1) is 10.9. The molecule has 4 nitrogen and oxygen atoms in total. The van der Waals surface area contributed by atoms with Gasteiger partial charge in [0.25, 0.3) is 0 Å². The summed E-state index contributed by atoms with van der Waals surface area (Å²) in [6.07, 6.45) is 4.36. The third-order valence-corrected chi connectivity index (χ3v) is 5.70. The second kappa shape index (κ2) is 3.89. The summed E-state index contributed by atoms with van der Waals surface area (Å²) in [6, 6.07) is 0.237. The fourth-order valence-corrected chi connectivity index (χ4v) is 5.03. The minimum Gasteiger partial charge on any atom is -0.480 e. The first-order chi connectivity index (χ1) is 7.71. The van der Waals surface area contributed by atoms with E-state index < -0.39 is 5.97 Å². The zero-order chi connectivity index (χ0) is 11.2. The fraction of sp³-hybridized carbons (Fsp3) is 0.909. The Labute approximate surface area is 99.8 Å². The lowest BCUT2D eigenvalue weighted by molar-refractivity contribution is -0.140. The van der Waals surface area contributed by atoms with Crippen LogP contribution in [0.4, 0.5) is 0 Å². The average molecular weight is 242 g/mol. The summed E-state index contributed by atoms with van der Waals surface area (Å²) in [4.78, 5) is 13.7. The lowest BCUT2D eigenvalue weighted by Gasteiger charge is -2.41. The number of carboxylic acids is 1. The highest BCUT2D eigenvalue weighted by Gasteiger charge is 2.52. The molecule has 90 valence electrons. The lowest BCUT2D eigenvalue weighted by atomic mass is 10.0. The Balaban J connectivity index is 1.79. The summed E-state index contributed by atoms with van der Waals surface area (Å²) in [7, 11) is 0. The van der Waals surface area contributed by atoms with Crippen LogP contribution in [0.2, 0.25) is 0 Å². The van der Waals surface area contributed by atoms with E-state index >= 15 is 0 Å². The van der Waals surface area contributed by atoms with Crippen LogP contribution in [0.5, 0.6) is 0 Å². The molecule has 3 saturated heterocycles. The molecule has 3 unspecified atom stereocenters. The van der Waals surface area contributed by atoms with E-state index in [1.165, 1.54) is 19.4 Å². The molecule has 3 aliphatic rings. The number of hydrogen-bond donors (Lipinski definition) is 2. The van der Waals surface area contributed by atoms with Gasteiger partial charge in [-0.25, -0.2) is 0 Å². The normalized spacial score (nSPS) is 43.8. The summed E-state index contributed by atoms with van der Waals surface area (Å²) >= 11 is 1.95. The van der Waals surface area contributed by atoms with Crippen LogP contribution in [0.15, 0.2) is 0 Å². The van der Waals surface area contributed by atoms with Crippen molar-refractivity contribution >= 4 is 17.7 Å². The van der Waals surface area contributed by atoms with E-state index in [9.17, 15) is 4.79 Å². The monoisotopic (exact) mass is 242 g/mol. The highest BCUT2D eigenvalue weighted by molar-refractivity contribution is 8.00. The number of nitrogens with zero attached hydrogens (tertiary/aromatic N) is 1. The predicted octanol–water partition coefficient (Wildman–Crippen LogP) is 0.730. The number of thioether (sulfide) groups is 1. The van der Waals surface area contributed by atoms with Crippen molar-refractivity contribution in [2.75, 3.05) is 18.8 Å². The standard InChI is InChI=1S/C11H18N2O2S/c14-10(15)8-3-7-16-11(12-8)4-6-13-5-1-2-9(11)13/h8-9,12H,1-7H2,(H,14,15). The molecule has 3 atom stereocenters. The SMILES string of the molecule is O=C(O)C1CCSC2(CCN3CCCC32)N1. The second-order valence-electron chi connectivity index (χ2n) is 5.01.